The van der Waals surface area contributed by atoms with E-state index in [9.17, 15) is 14.9 Å². The molecule has 1 N–H and O–H groups in total. The van der Waals surface area contributed by atoms with Crippen molar-refractivity contribution in [2.45, 2.75) is 13.0 Å². The van der Waals surface area contributed by atoms with Crippen LogP contribution in [0.4, 0.5) is 5.69 Å². The fourth-order valence-corrected chi connectivity index (χ4v) is 2.24. The van der Waals surface area contributed by atoms with E-state index in [1.165, 1.54) is 12.1 Å². The number of carbonyl (C=O) groups excluding carboxylic acids is 1. The second-order valence-electron chi connectivity index (χ2n) is 4.67. The van der Waals surface area contributed by atoms with Crippen LogP contribution >= 0.6 is 23.2 Å². The second-order valence-corrected chi connectivity index (χ2v) is 5.51. The molecule has 1 atom stereocenters. The molecule has 22 heavy (non-hydrogen) atoms. The van der Waals surface area contributed by atoms with Crippen LogP contribution in [0, 0.1) is 10.1 Å². The maximum atomic E-state index is 12.2. The number of nitro groups is 1. The largest absolute Gasteiger partial charge is 0.345 e. The monoisotopic (exact) mass is 338 g/mol. The number of benzene rings is 2. The van der Waals surface area contributed by atoms with Crippen LogP contribution in [0.15, 0.2) is 42.5 Å². The molecule has 1 amide bonds. The summed E-state index contributed by atoms with van der Waals surface area (Å²) >= 11 is 11.8. The smallest absolute Gasteiger partial charge is 0.270 e. The van der Waals surface area contributed by atoms with Gasteiger partial charge in [0.2, 0.25) is 0 Å². The van der Waals surface area contributed by atoms with Crippen molar-refractivity contribution >= 4 is 34.8 Å². The van der Waals surface area contributed by atoms with Crippen LogP contribution in [0.25, 0.3) is 0 Å². The van der Waals surface area contributed by atoms with Gasteiger partial charge in [-0.2, -0.15) is 0 Å². The Labute approximate surface area is 137 Å². The standard InChI is InChI=1S/C15H12Cl2N2O3/c1-9(10-2-4-11(16)5-3-10)18-15(20)13-8-12(19(21)22)6-7-14(13)17/h2-9H,1H3,(H,18,20)/t9-/m1/s1. The molecule has 0 aromatic heterocycles. The Hall–Kier alpha value is -2.11. The predicted octanol–water partition coefficient (Wildman–Crippen LogP) is 4.39. The Morgan fingerprint density at radius 2 is 1.82 bits per heavy atom. The zero-order valence-electron chi connectivity index (χ0n) is 11.5. The molecule has 0 aliphatic rings. The van der Waals surface area contributed by atoms with Crippen molar-refractivity contribution in [3.63, 3.8) is 0 Å². The Kier molecular flexibility index (Phi) is 5.00. The predicted molar refractivity (Wildman–Crippen MR) is 85.4 cm³/mol. The molecule has 0 radical (unpaired) electrons. The minimum atomic E-state index is -0.574. The highest BCUT2D eigenvalue weighted by Gasteiger charge is 2.18. The van der Waals surface area contributed by atoms with Crippen LogP contribution in [0.1, 0.15) is 28.9 Å². The summed E-state index contributed by atoms with van der Waals surface area (Å²) in [5.41, 5.74) is 0.740. The van der Waals surface area contributed by atoms with E-state index in [-0.39, 0.29) is 22.3 Å². The first-order valence-corrected chi connectivity index (χ1v) is 7.14. The molecule has 0 saturated carbocycles. The molecule has 2 aromatic rings. The minimum absolute atomic E-state index is 0.0664. The van der Waals surface area contributed by atoms with E-state index < -0.39 is 10.8 Å². The average Bonchev–Trinajstić information content (AvgIpc) is 2.47. The summed E-state index contributed by atoms with van der Waals surface area (Å²) in [6.45, 7) is 1.80. The number of hydrogen-bond acceptors (Lipinski definition) is 3. The topological polar surface area (TPSA) is 72.2 Å². The lowest BCUT2D eigenvalue weighted by atomic mass is 10.1. The first-order valence-electron chi connectivity index (χ1n) is 6.38. The van der Waals surface area contributed by atoms with Crippen molar-refractivity contribution < 1.29 is 9.72 Å². The van der Waals surface area contributed by atoms with E-state index >= 15 is 0 Å². The lowest BCUT2D eigenvalue weighted by Gasteiger charge is -2.15. The highest BCUT2D eigenvalue weighted by molar-refractivity contribution is 6.34. The number of non-ortho nitro benzene ring substituents is 1. The fraction of sp³-hybridized carbons (Fsp3) is 0.133. The Balaban J connectivity index is 2.20. The van der Waals surface area contributed by atoms with E-state index in [4.69, 9.17) is 23.2 Å². The van der Waals surface area contributed by atoms with E-state index in [1.807, 2.05) is 0 Å². The highest BCUT2D eigenvalue weighted by atomic mass is 35.5. The van der Waals surface area contributed by atoms with E-state index in [0.717, 1.165) is 11.6 Å². The summed E-state index contributed by atoms with van der Waals surface area (Å²) < 4.78 is 0. The van der Waals surface area contributed by atoms with E-state index in [0.29, 0.717) is 5.02 Å². The minimum Gasteiger partial charge on any atom is -0.345 e. The molecule has 7 heteroatoms. The molecule has 0 fully saturated rings. The maximum Gasteiger partial charge on any atom is 0.270 e. The van der Waals surface area contributed by atoms with Gasteiger partial charge in [0.15, 0.2) is 0 Å². The zero-order valence-corrected chi connectivity index (χ0v) is 13.1. The maximum absolute atomic E-state index is 12.2. The first kappa shape index (κ1) is 16.3. The van der Waals surface area contributed by atoms with Crippen molar-refractivity contribution in [2.75, 3.05) is 0 Å². The lowest BCUT2D eigenvalue weighted by molar-refractivity contribution is -0.384. The van der Waals surface area contributed by atoms with Gasteiger partial charge in [-0.25, -0.2) is 0 Å². The molecule has 2 aromatic carbocycles. The molecule has 0 aliphatic heterocycles. The van der Waals surface area contributed by atoms with Crippen molar-refractivity contribution in [1.29, 1.82) is 0 Å². The van der Waals surface area contributed by atoms with Crippen LogP contribution in [0.3, 0.4) is 0 Å². The van der Waals surface area contributed by atoms with Gasteiger partial charge < -0.3 is 5.32 Å². The van der Waals surface area contributed by atoms with Gasteiger partial charge in [-0.1, -0.05) is 35.3 Å². The van der Waals surface area contributed by atoms with Crippen LogP contribution in [-0.2, 0) is 0 Å². The summed E-state index contributed by atoms with van der Waals surface area (Å²) in [5.74, 6) is -0.476. The van der Waals surface area contributed by atoms with E-state index in [1.54, 1.807) is 31.2 Å². The van der Waals surface area contributed by atoms with Gasteiger partial charge >= 0.3 is 0 Å². The average molecular weight is 339 g/mol. The lowest BCUT2D eigenvalue weighted by Crippen LogP contribution is -2.26. The Morgan fingerprint density at radius 3 is 2.41 bits per heavy atom. The van der Waals surface area contributed by atoms with Crippen LogP contribution < -0.4 is 5.32 Å². The fourth-order valence-electron chi connectivity index (χ4n) is 1.91. The third kappa shape index (κ3) is 3.75. The SMILES string of the molecule is C[C@@H](NC(=O)c1cc([N+](=O)[O-])ccc1Cl)c1ccc(Cl)cc1. The Morgan fingerprint density at radius 1 is 1.18 bits per heavy atom. The summed E-state index contributed by atoms with van der Waals surface area (Å²) in [7, 11) is 0. The molecule has 0 spiro atoms. The normalized spacial score (nSPS) is 11.8. The summed E-state index contributed by atoms with van der Waals surface area (Å²) in [4.78, 5) is 22.5. The number of amides is 1. The molecule has 0 aliphatic carbocycles. The molecule has 0 saturated heterocycles. The quantitative estimate of drug-likeness (QED) is 0.663. The number of nitrogens with zero attached hydrogens (tertiary/aromatic N) is 1. The van der Waals surface area contributed by atoms with Gasteiger partial charge in [-0.3, -0.25) is 14.9 Å². The molecule has 0 bridgehead atoms. The molecule has 5 nitrogen and oxygen atoms in total. The van der Waals surface area contributed by atoms with Gasteiger partial charge in [0.05, 0.1) is 21.6 Å². The number of rotatable bonds is 4. The summed E-state index contributed by atoms with van der Waals surface area (Å²) in [5, 5.41) is 14.3. The molecule has 0 heterocycles. The number of hydrogen-bond donors (Lipinski definition) is 1. The van der Waals surface area contributed by atoms with Crippen LogP contribution in [0.2, 0.25) is 10.0 Å². The van der Waals surface area contributed by atoms with E-state index in [2.05, 4.69) is 5.32 Å². The Bertz CT molecular complexity index is 717. The summed E-state index contributed by atoms with van der Waals surface area (Å²) in [6.07, 6.45) is 0. The molecule has 2 rings (SSSR count). The molecule has 114 valence electrons. The number of nitrogens with one attached hydrogen (secondary N) is 1. The third-order valence-electron chi connectivity index (χ3n) is 3.12. The van der Waals surface area contributed by atoms with Crippen molar-refractivity contribution in [1.82, 2.24) is 5.32 Å². The molecule has 0 unspecified atom stereocenters. The second kappa shape index (κ2) is 6.77. The van der Waals surface area contributed by atoms with Crippen LogP contribution in [-0.4, -0.2) is 10.8 Å². The van der Waals surface area contributed by atoms with Gasteiger partial charge in [0, 0.05) is 17.2 Å². The molecular weight excluding hydrogens is 327 g/mol. The summed E-state index contributed by atoms with van der Waals surface area (Å²) in [6, 6.07) is 10.5. The zero-order chi connectivity index (χ0) is 16.3. The van der Waals surface area contributed by atoms with Gasteiger partial charge in [-0.15, -0.1) is 0 Å². The van der Waals surface area contributed by atoms with Gasteiger partial charge in [0.1, 0.15) is 0 Å². The van der Waals surface area contributed by atoms with Crippen molar-refractivity contribution in [3.05, 3.63) is 73.8 Å². The van der Waals surface area contributed by atoms with Gasteiger partial charge in [0.25, 0.3) is 11.6 Å². The number of halogens is 2. The number of carbonyl (C=O) groups is 1. The van der Waals surface area contributed by atoms with Crippen LogP contribution in [0.5, 0.6) is 0 Å². The highest BCUT2D eigenvalue weighted by Crippen LogP contribution is 2.23. The first-order chi connectivity index (χ1) is 10.4. The van der Waals surface area contributed by atoms with Crippen molar-refractivity contribution in [3.8, 4) is 0 Å². The van der Waals surface area contributed by atoms with Crippen molar-refractivity contribution in [2.24, 2.45) is 0 Å². The third-order valence-corrected chi connectivity index (χ3v) is 3.70. The molecular formula is C15H12Cl2N2O3. The number of nitro benzene ring substituents is 1. The van der Waals surface area contributed by atoms with Gasteiger partial charge in [-0.05, 0) is 30.7 Å².